The third-order valence-electron chi connectivity index (χ3n) is 3.27. The number of carbonyl (C=O) groups is 1. The molecule has 0 spiro atoms. The Labute approximate surface area is 105 Å². The first-order chi connectivity index (χ1) is 7.07. The first-order valence-corrected chi connectivity index (χ1v) is 6.14. The van der Waals surface area contributed by atoms with Crippen molar-refractivity contribution >= 4 is 18.3 Å². The van der Waals surface area contributed by atoms with Crippen LogP contribution in [0.2, 0.25) is 0 Å². The van der Waals surface area contributed by atoms with Crippen molar-refractivity contribution in [1.29, 1.82) is 0 Å². The second-order valence-corrected chi connectivity index (χ2v) is 4.88. The van der Waals surface area contributed by atoms with Gasteiger partial charge < -0.3 is 10.6 Å². The van der Waals surface area contributed by atoms with Gasteiger partial charge in [0, 0.05) is 12.6 Å². The van der Waals surface area contributed by atoms with E-state index in [0.717, 1.165) is 32.2 Å². The number of halogens is 1. The Bertz CT molecular complexity index is 221. The van der Waals surface area contributed by atoms with Crippen LogP contribution in [0.4, 0.5) is 0 Å². The minimum absolute atomic E-state index is 0. The van der Waals surface area contributed by atoms with E-state index in [1.807, 2.05) is 4.90 Å². The number of hydrogen-bond acceptors (Lipinski definition) is 2. The topological polar surface area (TPSA) is 46.3 Å². The summed E-state index contributed by atoms with van der Waals surface area (Å²) in [5.74, 6) is 0.707. The summed E-state index contributed by atoms with van der Waals surface area (Å²) in [6.07, 6.45) is 4.06. The number of nitrogens with two attached hydrogens (primary N) is 1. The van der Waals surface area contributed by atoms with Crippen LogP contribution >= 0.6 is 12.4 Å². The van der Waals surface area contributed by atoms with Gasteiger partial charge >= 0.3 is 0 Å². The molecule has 0 aromatic rings. The summed E-state index contributed by atoms with van der Waals surface area (Å²) in [5.41, 5.74) is 5.88. The zero-order valence-corrected chi connectivity index (χ0v) is 11.4. The average Bonchev–Trinajstić information content (AvgIpc) is 2.65. The van der Waals surface area contributed by atoms with E-state index in [9.17, 15) is 4.79 Å². The normalized spacial score (nSPS) is 22.1. The van der Waals surface area contributed by atoms with E-state index in [4.69, 9.17) is 5.73 Å². The Hall–Kier alpha value is -0.280. The lowest BCUT2D eigenvalue weighted by atomic mass is 10.0. The molecule has 0 aromatic heterocycles. The quantitative estimate of drug-likeness (QED) is 0.829. The highest BCUT2D eigenvalue weighted by molar-refractivity contribution is 5.85. The molecule has 2 unspecified atom stereocenters. The van der Waals surface area contributed by atoms with Crippen molar-refractivity contribution < 1.29 is 4.79 Å². The van der Waals surface area contributed by atoms with E-state index < -0.39 is 0 Å². The lowest BCUT2D eigenvalue weighted by Gasteiger charge is -2.29. The van der Waals surface area contributed by atoms with Crippen molar-refractivity contribution in [3.05, 3.63) is 0 Å². The largest absolute Gasteiger partial charge is 0.338 e. The maximum absolute atomic E-state index is 12.1. The number of nitrogens with zero attached hydrogens (tertiary/aromatic N) is 1. The highest BCUT2D eigenvalue weighted by Gasteiger charge is 2.32. The molecule has 1 aliphatic heterocycles. The summed E-state index contributed by atoms with van der Waals surface area (Å²) in [4.78, 5) is 14.1. The van der Waals surface area contributed by atoms with E-state index in [1.54, 1.807) is 0 Å². The molecule has 1 heterocycles. The number of likely N-dealkylation sites (tertiary alicyclic amines) is 1. The molecular weight excluding hydrogens is 224 g/mol. The van der Waals surface area contributed by atoms with Gasteiger partial charge in [0.15, 0.2) is 0 Å². The third kappa shape index (κ3) is 3.63. The fraction of sp³-hybridized carbons (Fsp3) is 0.917. The maximum atomic E-state index is 12.1. The SMILES string of the molecule is CCCC(N)C(=O)N1CCCC1C(C)C.Cl. The monoisotopic (exact) mass is 248 g/mol. The average molecular weight is 249 g/mol. The summed E-state index contributed by atoms with van der Waals surface area (Å²) < 4.78 is 0. The molecule has 1 amide bonds. The van der Waals surface area contributed by atoms with Crippen molar-refractivity contribution in [3.63, 3.8) is 0 Å². The molecule has 0 aliphatic carbocycles. The molecule has 1 fully saturated rings. The molecule has 0 aromatic carbocycles. The summed E-state index contributed by atoms with van der Waals surface area (Å²) in [5, 5.41) is 0. The zero-order chi connectivity index (χ0) is 11.4. The lowest BCUT2D eigenvalue weighted by Crippen LogP contribution is -2.47. The summed E-state index contributed by atoms with van der Waals surface area (Å²) >= 11 is 0. The molecule has 0 radical (unpaired) electrons. The molecule has 2 atom stereocenters. The fourth-order valence-electron chi connectivity index (χ4n) is 2.41. The molecule has 16 heavy (non-hydrogen) atoms. The predicted octanol–water partition coefficient (Wildman–Crippen LogP) is 2.18. The summed E-state index contributed by atoms with van der Waals surface area (Å²) in [6.45, 7) is 7.33. The van der Waals surface area contributed by atoms with Gasteiger partial charge in [0.2, 0.25) is 5.91 Å². The Morgan fingerprint density at radius 3 is 2.62 bits per heavy atom. The van der Waals surface area contributed by atoms with Crippen LogP contribution in [0, 0.1) is 5.92 Å². The molecule has 4 heteroatoms. The van der Waals surface area contributed by atoms with Crippen LogP contribution in [-0.4, -0.2) is 29.4 Å². The van der Waals surface area contributed by atoms with E-state index in [1.165, 1.54) is 0 Å². The van der Waals surface area contributed by atoms with Crippen LogP contribution in [0.1, 0.15) is 46.5 Å². The van der Waals surface area contributed by atoms with Gasteiger partial charge in [-0.3, -0.25) is 4.79 Å². The van der Waals surface area contributed by atoms with Gasteiger partial charge in [-0.25, -0.2) is 0 Å². The third-order valence-corrected chi connectivity index (χ3v) is 3.27. The minimum atomic E-state index is -0.283. The van der Waals surface area contributed by atoms with E-state index in [0.29, 0.717) is 12.0 Å². The van der Waals surface area contributed by atoms with Crippen LogP contribution in [0.15, 0.2) is 0 Å². The number of carbonyl (C=O) groups excluding carboxylic acids is 1. The van der Waals surface area contributed by atoms with Gasteiger partial charge in [0.05, 0.1) is 6.04 Å². The molecule has 0 saturated carbocycles. The second kappa shape index (κ2) is 7.13. The molecule has 0 bridgehead atoms. The Morgan fingerprint density at radius 1 is 1.50 bits per heavy atom. The Kier molecular flexibility index (Phi) is 7.00. The number of hydrogen-bond donors (Lipinski definition) is 1. The molecule has 1 saturated heterocycles. The van der Waals surface area contributed by atoms with Crippen molar-refractivity contribution in [2.45, 2.75) is 58.5 Å². The maximum Gasteiger partial charge on any atom is 0.239 e. The highest BCUT2D eigenvalue weighted by atomic mass is 35.5. The number of amides is 1. The molecule has 2 N–H and O–H groups in total. The van der Waals surface area contributed by atoms with Crippen molar-refractivity contribution in [2.75, 3.05) is 6.54 Å². The minimum Gasteiger partial charge on any atom is -0.338 e. The lowest BCUT2D eigenvalue weighted by molar-refractivity contribution is -0.134. The van der Waals surface area contributed by atoms with Crippen molar-refractivity contribution in [3.8, 4) is 0 Å². The first-order valence-electron chi connectivity index (χ1n) is 6.14. The van der Waals surface area contributed by atoms with Gasteiger partial charge in [0.1, 0.15) is 0 Å². The highest BCUT2D eigenvalue weighted by Crippen LogP contribution is 2.24. The Morgan fingerprint density at radius 2 is 2.12 bits per heavy atom. The van der Waals surface area contributed by atoms with Crippen LogP contribution in [0.3, 0.4) is 0 Å². The van der Waals surface area contributed by atoms with Crippen molar-refractivity contribution in [2.24, 2.45) is 11.7 Å². The van der Waals surface area contributed by atoms with Crippen LogP contribution in [0.25, 0.3) is 0 Å². The predicted molar refractivity (Wildman–Crippen MR) is 69.7 cm³/mol. The van der Waals surface area contributed by atoms with Crippen LogP contribution in [0.5, 0.6) is 0 Å². The van der Waals surface area contributed by atoms with Gasteiger partial charge in [0.25, 0.3) is 0 Å². The zero-order valence-electron chi connectivity index (χ0n) is 10.6. The molecular formula is C12H25ClN2O. The summed E-state index contributed by atoms with van der Waals surface area (Å²) in [7, 11) is 0. The smallest absolute Gasteiger partial charge is 0.239 e. The fourth-order valence-corrected chi connectivity index (χ4v) is 2.41. The molecule has 96 valence electrons. The van der Waals surface area contributed by atoms with Crippen molar-refractivity contribution in [1.82, 2.24) is 4.90 Å². The van der Waals surface area contributed by atoms with Gasteiger partial charge in [-0.05, 0) is 25.2 Å². The Balaban J connectivity index is 0.00000225. The van der Waals surface area contributed by atoms with Gasteiger partial charge in [-0.1, -0.05) is 27.2 Å². The molecule has 1 aliphatic rings. The summed E-state index contributed by atoms with van der Waals surface area (Å²) in [6, 6.07) is 0.134. The van der Waals surface area contributed by atoms with Crippen LogP contribution in [-0.2, 0) is 4.79 Å². The molecule has 3 nitrogen and oxygen atoms in total. The van der Waals surface area contributed by atoms with E-state index in [-0.39, 0.29) is 24.4 Å². The standard InChI is InChI=1S/C12H24N2O.ClH/c1-4-6-10(13)12(15)14-8-5-7-11(14)9(2)3;/h9-11H,4-8,13H2,1-3H3;1H. The first kappa shape index (κ1) is 15.7. The van der Waals surface area contributed by atoms with Gasteiger partial charge in [-0.15, -0.1) is 12.4 Å². The van der Waals surface area contributed by atoms with E-state index in [2.05, 4.69) is 20.8 Å². The van der Waals surface area contributed by atoms with E-state index >= 15 is 0 Å². The van der Waals surface area contributed by atoms with Gasteiger partial charge in [-0.2, -0.15) is 0 Å². The second-order valence-electron chi connectivity index (χ2n) is 4.88. The van der Waals surface area contributed by atoms with Crippen LogP contribution < -0.4 is 5.73 Å². The number of rotatable bonds is 4. The molecule has 1 rings (SSSR count).